The molecule has 3 heteroatoms. The minimum atomic E-state index is -1.67. The summed E-state index contributed by atoms with van der Waals surface area (Å²) in [4.78, 5) is 11.9. The average Bonchev–Trinajstić information content (AvgIpc) is 2.83. The number of Topliss-reactive ketones (excluding diaryl/α,β-unsaturated/α-hetero) is 1. The number of rotatable bonds is 4. The number of carbonyl (C=O) groups is 1. The fraction of sp³-hybridized carbons (Fsp3) is 0.688. The summed E-state index contributed by atoms with van der Waals surface area (Å²) in [6.45, 7) is 14.2. The summed E-state index contributed by atoms with van der Waals surface area (Å²) >= 11 is 0. The molecule has 2 rings (SSSR count). The Bertz CT molecular complexity index is 463. The molecular weight excluding hydrogens is 250 g/mol. The molecule has 0 saturated heterocycles. The van der Waals surface area contributed by atoms with Crippen LogP contribution in [0.25, 0.3) is 0 Å². The molecule has 0 spiro atoms. The summed E-state index contributed by atoms with van der Waals surface area (Å²) in [5, 5.41) is 0. The molecule has 0 unspecified atom stereocenters. The summed E-state index contributed by atoms with van der Waals surface area (Å²) in [5.41, 5.74) is 4.37. The highest BCUT2D eigenvalue weighted by Gasteiger charge is 2.46. The highest BCUT2D eigenvalue weighted by Crippen LogP contribution is 2.44. The second-order valence-corrected chi connectivity index (χ2v) is 12.5. The first-order chi connectivity index (χ1) is 8.83. The second kappa shape index (κ2) is 4.93. The van der Waals surface area contributed by atoms with Crippen LogP contribution in [0.1, 0.15) is 64.0 Å². The number of hydrogen-bond acceptors (Lipinski definition) is 1. The van der Waals surface area contributed by atoms with Crippen molar-refractivity contribution in [1.82, 2.24) is 4.23 Å². The Balaban J connectivity index is 2.63. The van der Waals surface area contributed by atoms with E-state index in [1.54, 1.807) is 0 Å². The zero-order chi connectivity index (χ0) is 14.4. The lowest BCUT2D eigenvalue weighted by atomic mass is 10.2. The van der Waals surface area contributed by atoms with E-state index in [0.29, 0.717) is 28.8 Å². The Kier molecular flexibility index (Phi) is 3.78. The van der Waals surface area contributed by atoms with E-state index in [-0.39, 0.29) is 0 Å². The van der Waals surface area contributed by atoms with Crippen LogP contribution in [0.4, 0.5) is 0 Å². The molecule has 19 heavy (non-hydrogen) atoms. The molecule has 0 atom stereocenters. The van der Waals surface area contributed by atoms with Crippen molar-refractivity contribution in [2.75, 3.05) is 0 Å². The van der Waals surface area contributed by atoms with Gasteiger partial charge in [-0.2, -0.15) is 0 Å². The van der Waals surface area contributed by atoms with E-state index < -0.39 is 8.24 Å². The molecule has 1 aromatic heterocycles. The molecule has 106 valence electrons. The number of aromatic nitrogens is 1. The van der Waals surface area contributed by atoms with Gasteiger partial charge in [0.25, 0.3) is 0 Å². The minimum absolute atomic E-state index is 0.341. The molecular formula is C16H27NOSi. The lowest BCUT2D eigenvalue weighted by Crippen LogP contribution is -2.52. The van der Waals surface area contributed by atoms with E-state index in [1.807, 2.05) is 0 Å². The normalized spacial score (nSPS) is 15.9. The summed E-state index contributed by atoms with van der Waals surface area (Å²) in [6.07, 6.45) is 3.88. The lowest BCUT2D eigenvalue weighted by molar-refractivity contribution is 0.0994. The van der Waals surface area contributed by atoms with Gasteiger partial charge in [-0.3, -0.25) is 4.79 Å². The fourth-order valence-electron chi connectivity index (χ4n) is 4.54. The number of nitrogens with zero attached hydrogens (tertiary/aromatic N) is 1. The Morgan fingerprint density at radius 2 is 1.53 bits per heavy atom. The van der Waals surface area contributed by atoms with Crippen LogP contribution >= 0.6 is 0 Å². The van der Waals surface area contributed by atoms with Gasteiger partial charge in [0.1, 0.15) is 0 Å². The molecule has 2 nitrogen and oxygen atoms in total. The summed E-state index contributed by atoms with van der Waals surface area (Å²) in [5.74, 6) is 0.341. The summed E-state index contributed by atoms with van der Waals surface area (Å²) in [7, 11) is -1.67. The fourth-order valence-corrected chi connectivity index (χ4v) is 11.2. The van der Waals surface area contributed by atoms with Gasteiger partial charge < -0.3 is 4.23 Å². The molecule has 0 amide bonds. The molecule has 0 fully saturated rings. The molecule has 0 bridgehead atoms. The summed E-state index contributed by atoms with van der Waals surface area (Å²) in [6, 6.07) is 2.07. The van der Waals surface area contributed by atoms with Gasteiger partial charge in [0, 0.05) is 17.7 Å². The van der Waals surface area contributed by atoms with Gasteiger partial charge in [-0.25, -0.2) is 0 Å². The zero-order valence-corrected chi connectivity index (χ0v) is 14.2. The third-order valence-corrected chi connectivity index (χ3v) is 11.9. The van der Waals surface area contributed by atoms with Gasteiger partial charge in [0.05, 0.1) is 0 Å². The van der Waals surface area contributed by atoms with Crippen molar-refractivity contribution in [2.45, 2.75) is 71.0 Å². The first-order valence-electron chi connectivity index (χ1n) is 7.57. The second-order valence-electron chi connectivity index (χ2n) is 6.82. The van der Waals surface area contributed by atoms with Crippen LogP contribution in [0.2, 0.25) is 16.6 Å². The van der Waals surface area contributed by atoms with E-state index in [4.69, 9.17) is 0 Å². The highest BCUT2D eigenvalue weighted by molar-refractivity contribution is 6.82. The van der Waals surface area contributed by atoms with Gasteiger partial charge in [-0.15, -0.1) is 0 Å². The highest BCUT2D eigenvalue weighted by atomic mass is 28.3. The Labute approximate surface area is 118 Å². The predicted molar refractivity (Wildman–Crippen MR) is 83.5 cm³/mol. The van der Waals surface area contributed by atoms with Crippen LogP contribution in [-0.2, 0) is 6.42 Å². The quantitative estimate of drug-likeness (QED) is 0.735. The van der Waals surface area contributed by atoms with E-state index in [0.717, 1.165) is 12.0 Å². The number of ketones is 1. The first kappa shape index (κ1) is 14.6. The van der Waals surface area contributed by atoms with Gasteiger partial charge >= 0.3 is 0 Å². The molecule has 0 aromatic carbocycles. The first-order valence-corrected chi connectivity index (χ1v) is 9.75. The van der Waals surface area contributed by atoms with Crippen molar-refractivity contribution < 1.29 is 4.79 Å². The zero-order valence-electron chi connectivity index (χ0n) is 13.2. The maximum absolute atomic E-state index is 11.9. The van der Waals surface area contributed by atoms with Crippen molar-refractivity contribution in [3.63, 3.8) is 0 Å². The Hall–Kier alpha value is -0.833. The van der Waals surface area contributed by atoms with Crippen molar-refractivity contribution in [1.29, 1.82) is 0 Å². The van der Waals surface area contributed by atoms with Crippen LogP contribution in [0.3, 0.4) is 0 Å². The standard InChI is InChI=1S/C16H27NOSi/c1-11(2)19(12(3)4,13(5)6)17-10-9-14-15(17)7-8-16(14)18/h9-13H,7-8H2,1-6H3. The topological polar surface area (TPSA) is 22.0 Å². The molecule has 1 heterocycles. The predicted octanol–water partition coefficient (Wildman–Crippen LogP) is 4.64. The van der Waals surface area contributed by atoms with Gasteiger partial charge in [-0.1, -0.05) is 41.5 Å². The van der Waals surface area contributed by atoms with Gasteiger partial charge in [0.15, 0.2) is 14.0 Å². The molecule has 1 aliphatic carbocycles. The SMILES string of the molecule is CC(C)[Si](C(C)C)(C(C)C)n1ccc2c1CCC2=O. The maximum atomic E-state index is 11.9. The number of hydrogen-bond donors (Lipinski definition) is 0. The number of fused-ring (bicyclic) bond motifs is 1. The maximum Gasteiger partial charge on any atom is 0.169 e. The smallest absolute Gasteiger partial charge is 0.169 e. The lowest BCUT2D eigenvalue weighted by Gasteiger charge is -2.45. The van der Waals surface area contributed by atoms with Crippen molar-refractivity contribution >= 4 is 14.0 Å². The monoisotopic (exact) mass is 277 g/mol. The van der Waals surface area contributed by atoms with E-state index in [9.17, 15) is 4.79 Å². The summed E-state index contributed by atoms with van der Waals surface area (Å²) < 4.78 is 2.58. The molecule has 0 saturated carbocycles. The van der Waals surface area contributed by atoms with Crippen molar-refractivity contribution in [3.8, 4) is 0 Å². The van der Waals surface area contributed by atoms with Crippen LogP contribution in [0.5, 0.6) is 0 Å². The third kappa shape index (κ3) is 1.94. The molecule has 0 radical (unpaired) electrons. The Morgan fingerprint density at radius 1 is 1.00 bits per heavy atom. The third-order valence-electron chi connectivity index (χ3n) is 5.07. The van der Waals surface area contributed by atoms with Crippen LogP contribution in [-0.4, -0.2) is 18.3 Å². The molecule has 0 aliphatic heterocycles. The van der Waals surface area contributed by atoms with E-state index >= 15 is 0 Å². The molecule has 1 aliphatic rings. The van der Waals surface area contributed by atoms with Gasteiger partial charge in [0.2, 0.25) is 0 Å². The average molecular weight is 277 g/mol. The molecule has 1 aromatic rings. The Morgan fingerprint density at radius 3 is 2.00 bits per heavy atom. The largest absolute Gasteiger partial charge is 0.376 e. The molecule has 0 N–H and O–H groups in total. The number of carbonyl (C=O) groups excluding carboxylic acids is 1. The van der Waals surface area contributed by atoms with Crippen LogP contribution in [0, 0.1) is 0 Å². The van der Waals surface area contributed by atoms with Crippen molar-refractivity contribution in [2.24, 2.45) is 0 Å². The van der Waals surface area contributed by atoms with Crippen molar-refractivity contribution in [3.05, 3.63) is 23.5 Å². The van der Waals surface area contributed by atoms with E-state index in [1.165, 1.54) is 5.69 Å². The van der Waals surface area contributed by atoms with Crippen LogP contribution in [0.15, 0.2) is 12.3 Å². The van der Waals surface area contributed by atoms with Crippen LogP contribution < -0.4 is 0 Å². The van der Waals surface area contributed by atoms with E-state index in [2.05, 4.69) is 58.0 Å². The van der Waals surface area contributed by atoms with Gasteiger partial charge in [-0.05, 0) is 35.3 Å². The minimum Gasteiger partial charge on any atom is -0.376 e.